The van der Waals surface area contributed by atoms with Gasteiger partial charge in [-0.05, 0) is 71.3 Å². The van der Waals surface area contributed by atoms with Crippen molar-refractivity contribution in [2.45, 2.75) is 18.9 Å². The Morgan fingerprint density at radius 1 is 0.826 bits per heavy atom. The summed E-state index contributed by atoms with van der Waals surface area (Å²) in [5, 5.41) is 14.6. The number of fused-ring (bicyclic) bond motifs is 1. The predicted molar refractivity (Wildman–Crippen MR) is 185 cm³/mol. The first-order valence-electron chi connectivity index (χ1n) is 15.3. The van der Waals surface area contributed by atoms with Crippen molar-refractivity contribution in [3.8, 4) is 11.5 Å². The minimum absolute atomic E-state index is 0.0782. The third-order valence-electron chi connectivity index (χ3n) is 8.18. The standard InChI is InChI=1S/C39H35ClN2O4/c1-45-37-15-9-8-14-34(37)41-24-22-36-32(23-25-46-31-19-16-29(17-20-31)39(43)44)33-26-30(40)18-21-35(33)42(36)38(27-10-4-2-5-11-27)28-12-6-3-7-13-28/h2-21,26,38,41H,22-25H2,1H3,(H,43,44). The van der Waals surface area contributed by atoms with E-state index in [0.29, 0.717) is 30.3 Å². The molecule has 5 aromatic carbocycles. The SMILES string of the molecule is COc1ccccc1NCCc1c(CCOc2ccc(C(=O)O)cc2)c2cc(Cl)ccc2n1C(c1ccccc1)c1ccccc1. The largest absolute Gasteiger partial charge is 0.495 e. The van der Waals surface area contributed by atoms with E-state index in [-0.39, 0.29) is 11.6 Å². The number of benzene rings is 5. The quantitative estimate of drug-likeness (QED) is 0.133. The van der Waals surface area contributed by atoms with Crippen LogP contribution in [-0.4, -0.2) is 35.9 Å². The van der Waals surface area contributed by atoms with Crippen molar-refractivity contribution in [1.82, 2.24) is 4.57 Å². The molecular weight excluding hydrogens is 596 g/mol. The Balaban J connectivity index is 1.44. The molecule has 0 bridgehead atoms. The first-order chi connectivity index (χ1) is 22.5. The first kappa shape index (κ1) is 30.8. The molecule has 1 heterocycles. The summed E-state index contributed by atoms with van der Waals surface area (Å²) in [4.78, 5) is 11.3. The smallest absolute Gasteiger partial charge is 0.335 e. The Bertz CT molecular complexity index is 1880. The molecule has 0 aliphatic rings. The third-order valence-corrected chi connectivity index (χ3v) is 8.41. The van der Waals surface area contributed by atoms with Crippen molar-refractivity contribution in [2.24, 2.45) is 0 Å². The van der Waals surface area contributed by atoms with Gasteiger partial charge in [0, 0.05) is 41.0 Å². The van der Waals surface area contributed by atoms with E-state index < -0.39 is 5.97 Å². The maximum absolute atomic E-state index is 11.3. The second kappa shape index (κ2) is 14.3. The van der Waals surface area contributed by atoms with E-state index in [1.807, 2.05) is 42.5 Å². The first-order valence-corrected chi connectivity index (χ1v) is 15.7. The van der Waals surface area contributed by atoms with Crippen molar-refractivity contribution < 1.29 is 19.4 Å². The van der Waals surface area contributed by atoms with Gasteiger partial charge in [-0.15, -0.1) is 0 Å². The molecule has 2 N–H and O–H groups in total. The van der Waals surface area contributed by atoms with Gasteiger partial charge in [0.2, 0.25) is 0 Å². The Kier molecular flexibility index (Phi) is 9.56. The summed E-state index contributed by atoms with van der Waals surface area (Å²) < 4.78 is 14.2. The minimum Gasteiger partial charge on any atom is -0.495 e. The number of aromatic nitrogens is 1. The fraction of sp³-hybridized carbons (Fsp3) is 0.154. The molecule has 232 valence electrons. The number of aromatic carboxylic acids is 1. The number of hydrogen-bond acceptors (Lipinski definition) is 4. The number of para-hydroxylation sites is 2. The summed E-state index contributed by atoms with van der Waals surface area (Å²) in [5.41, 5.74) is 6.97. The van der Waals surface area contributed by atoms with Gasteiger partial charge < -0.3 is 24.5 Å². The molecule has 46 heavy (non-hydrogen) atoms. The summed E-state index contributed by atoms with van der Waals surface area (Å²) in [6.07, 6.45) is 1.36. The number of nitrogens with zero attached hydrogens (tertiary/aromatic N) is 1. The van der Waals surface area contributed by atoms with Gasteiger partial charge >= 0.3 is 5.97 Å². The summed E-state index contributed by atoms with van der Waals surface area (Å²) in [6.45, 7) is 1.08. The second-order valence-corrected chi connectivity index (χ2v) is 11.4. The third kappa shape index (κ3) is 6.72. The lowest BCUT2D eigenvalue weighted by Crippen LogP contribution is -2.18. The van der Waals surface area contributed by atoms with Gasteiger partial charge in [-0.3, -0.25) is 0 Å². The number of anilines is 1. The van der Waals surface area contributed by atoms with Gasteiger partial charge in [-0.2, -0.15) is 0 Å². The normalized spacial score (nSPS) is 11.1. The van der Waals surface area contributed by atoms with Crippen LogP contribution in [0.25, 0.3) is 10.9 Å². The molecule has 0 spiro atoms. The number of halogens is 1. The Morgan fingerprint density at radius 2 is 1.48 bits per heavy atom. The van der Waals surface area contributed by atoms with Crippen LogP contribution in [0, 0.1) is 0 Å². The fourth-order valence-corrected chi connectivity index (χ4v) is 6.26. The Morgan fingerprint density at radius 3 is 2.13 bits per heavy atom. The van der Waals surface area contributed by atoms with Crippen LogP contribution in [-0.2, 0) is 12.8 Å². The van der Waals surface area contributed by atoms with E-state index in [1.165, 1.54) is 22.4 Å². The average molecular weight is 631 g/mol. The van der Waals surface area contributed by atoms with E-state index in [4.69, 9.17) is 21.1 Å². The van der Waals surface area contributed by atoms with Crippen LogP contribution in [0.4, 0.5) is 5.69 Å². The highest BCUT2D eigenvalue weighted by molar-refractivity contribution is 6.31. The monoisotopic (exact) mass is 630 g/mol. The highest BCUT2D eigenvalue weighted by Gasteiger charge is 2.25. The molecule has 0 amide bonds. The number of rotatable bonds is 13. The summed E-state index contributed by atoms with van der Waals surface area (Å²) >= 11 is 6.64. The summed E-state index contributed by atoms with van der Waals surface area (Å²) in [7, 11) is 1.68. The number of carboxylic acid groups (broad SMARTS) is 1. The maximum Gasteiger partial charge on any atom is 0.335 e. The number of nitrogens with one attached hydrogen (secondary N) is 1. The molecule has 6 nitrogen and oxygen atoms in total. The summed E-state index contributed by atoms with van der Waals surface area (Å²) in [5.74, 6) is 0.454. The predicted octanol–water partition coefficient (Wildman–Crippen LogP) is 8.92. The number of carbonyl (C=O) groups is 1. The van der Waals surface area contributed by atoms with Crippen LogP contribution >= 0.6 is 11.6 Å². The van der Waals surface area contributed by atoms with Crippen LogP contribution in [0.3, 0.4) is 0 Å². The molecule has 0 unspecified atom stereocenters. The lowest BCUT2D eigenvalue weighted by molar-refractivity contribution is 0.0697. The molecule has 1 aromatic heterocycles. The van der Waals surface area contributed by atoms with Crippen LogP contribution in [0.5, 0.6) is 11.5 Å². The second-order valence-electron chi connectivity index (χ2n) is 11.0. The zero-order chi connectivity index (χ0) is 31.9. The van der Waals surface area contributed by atoms with Gasteiger partial charge in [0.15, 0.2) is 0 Å². The van der Waals surface area contributed by atoms with Crippen molar-refractivity contribution in [1.29, 1.82) is 0 Å². The molecule has 0 radical (unpaired) electrons. The molecular formula is C39H35ClN2O4. The highest BCUT2D eigenvalue weighted by atomic mass is 35.5. The molecule has 0 saturated heterocycles. The Hall–Kier alpha value is -5.20. The molecule has 0 aliphatic carbocycles. The van der Waals surface area contributed by atoms with Gasteiger partial charge in [-0.1, -0.05) is 84.4 Å². The molecule has 0 fully saturated rings. The lowest BCUT2D eigenvalue weighted by atomic mass is 9.97. The Labute approximate surface area is 273 Å². The summed E-state index contributed by atoms with van der Waals surface area (Å²) in [6, 6.07) is 41.6. The molecule has 0 saturated carbocycles. The van der Waals surface area contributed by atoms with Crippen LogP contribution < -0.4 is 14.8 Å². The molecule has 0 atom stereocenters. The van der Waals surface area contributed by atoms with Crippen molar-refractivity contribution in [2.75, 3.05) is 25.6 Å². The molecule has 6 aromatic rings. The van der Waals surface area contributed by atoms with Crippen molar-refractivity contribution in [3.63, 3.8) is 0 Å². The molecule has 6 rings (SSSR count). The van der Waals surface area contributed by atoms with Gasteiger partial charge in [0.25, 0.3) is 0 Å². The number of carboxylic acids is 1. The van der Waals surface area contributed by atoms with E-state index in [1.54, 1.807) is 31.4 Å². The van der Waals surface area contributed by atoms with E-state index in [0.717, 1.165) is 28.8 Å². The molecule has 7 heteroatoms. The van der Waals surface area contributed by atoms with Crippen LogP contribution in [0.1, 0.15) is 38.8 Å². The number of hydrogen-bond donors (Lipinski definition) is 2. The molecule has 0 aliphatic heterocycles. The van der Waals surface area contributed by atoms with Crippen LogP contribution in [0.15, 0.2) is 127 Å². The van der Waals surface area contributed by atoms with E-state index in [9.17, 15) is 9.90 Å². The van der Waals surface area contributed by atoms with E-state index >= 15 is 0 Å². The topological polar surface area (TPSA) is 72.7 Å². The van der Waals surface area contributed by atoms with Gasteiger partial charge in [0.1, 0.15) is 11.5 Å². The number of methoxy groups -OCH3 is 1. The van der Waals surface area contributed by atoms with Gasteiger partial charge in [0.05, 0.1) is 31.0 Å². The van der Waals surface area contributed by atoms with Crippen molar-refractivity contribution >= 4 is 34.2 Å². The zero-order valence-electron chi connectivity index (χ0n) is 25.5. The van der Waals surface area contributed by atoms with Crippen molar-refractivity contribution in [3.05, 3.63) is 160 Å². The highest BCUT2D eigenvalue weighted by Crippen LogP contribution is 2.38. The minimum atomic E-state index is -0.964. The number of ether oxygens (including phenoxy) is 2. The van der Waals surface area contributed by atoms with Crippen LogP contribution in [0.2, 0.25) is 5.02 Å². The fourth-order valence-electron chi connectivity index (χ4n) is 6.08. The van der Waals surface area contributed by atoms with E-state index in [2.05, 4.69) is 70.5 Å². The zero-order valence-corrected chi connectivity index (χ0v) is 26.3. The average Bonchev–Trinajstić information content (AvgIpc) is 3.37. The van der Waals surface area contributed by atoms with Gasteiger partial charge in [-0.25, -0.2) is 4.79 Å². The maximum atomic E-state index is 11.3. The lowest BCUT2D eigenvalue weighted by Gasteiger charge is -2.25.